The molecule has 4 heterocycles. The molecular weight excluding hydrogens is 424 g/mol. The zero-order chi connectivity index (χ0) is 21.9. The summed E-state index contributed by atoms with van der Waals surface area (Å²) in [5.41, 5.74) is 5.56. The molecule has 0 radical (unpaired) electrons. The Balaban J connectivity index is 1.38. The zero-order valence-electron chi connectivity index (χ0n) is 17.6. The van der Waals surface area contributed by atoms with Crippen molar-refractivity contribution in [2.45, 2.75) is 23.5 Å². The van der Waals surface area contributed by atoms with Crippen LogP contribution in [0.15, 0.2) is 76.2 Å². The van der Waals surface area contributed by atoms with Crippen LogP contribution >= 0.6 is 0 Å². The molecule has 2 aromatic heterocycles. The van der Waals surface area contributed by atoms with Gasteiger partial charge in [-0.25, -0.2) is 8.42 Å². The second kappa shape index (κ2) is 7.18. The first kappa shape index (κ1) is 19.5. The van der Waals surface area contributed by atoms with Crippen molar-refractivity contribution in [1.29, 1.82) is 0 Å². The van der Waals surface area contributed by atoms with E-state index in [0.717, 1.165) is 47.4 Å². The van der Waals surface area contributed by atoms with Crippen molar-refractivity contribution in [3.05, 3.63) is 66.9 Å². The summed E-state index contributed by atoms with van der Waals surface area (Å²) >= 11 is 0. The van der Waals surface area contributed by atoms with Crippen LogP contribution in [0.3, 0.4) is 0 Å². The van der Waals surface area contributed by atoms with Crippen molar-refractivity contribution in [1.82, 2.24) is 4.98 Å². The van der Waals surface area contributed by atoms with Gasteiger partial charge >= 0.3 is 0 Å². The van der Waals surface area contributed by atoms with Crippen LogP contribution in [0.4, 0.5) is 5.69 Å². The first-order valence-corrected chi connectivity index (χ1v) is 12.5. The molecule has 0 unspecified atom stereocenters. The fourth-order valence-corrected chi connectivity index (χ4v) is 5.37. The van der Waals surface area contributed by atoms with Gasteiger partial charge in [-0.15, -0.1) is 0 Å². The molecule has 0 aliphatic carbocycles. The molecule has 2 fully saturated rings. The summed E-state index contributed by atoms with van der Waals surface area (Å²) in [6.45, 7) is 1.74. The zero-order valence-corrected chi connectivity index (χ0v) is 18.4. The highest BCUT2D eigenvalue weighted by molar-refractivity contribution is 7.90. The number of anilines is 1. The molecule has 2 saturated heterocycles. The number of furan rings is 1. The lowest BCUT2D eigenvalue weighted by Gasteiger charge is -2.29. The lowest BCUT2D eigenvalue weighted by Crippen LogP contribution is -2.36. The van der Waals surface area contributed by atoms with E-state index in [1.807, 2.05) is 12.1 Å². The number of hydrogen-bond donors (Lipinski definition) is 0. The Kier molecular flexibility index (Phi) is 4.38. The first-order chi connectivity index (χ1) is 15.5. The second-order valence-corrected chi connectivity index (χ2v) is 10.5. The fourth-order valence-electron chi connectivity index (χ4n) is 4.74. The number of aromatic nitrogens is 1. The molecule has 0 saturated carbocycles. The minimum atomic E-state index is -3.24. The predicted molar refractivity (Wildman–Crippen MR) is 123 cm³/mol. The fraction of sp³-hybridized carbons (Fsp3) is 0.240. The molecule has 2 atom stereocenters. The summed E-state index contributed by atoms with van der Waals surface area (Å²) in [6, 6.07) is 19.6. The molecule has 0 N–H and O–H groups in total. The standard InChI is InChI=1S/C25H22N2O4S/c1-32(28,29)21-7-5-16(6-8-21)24-13-23-25(31-24)22(9-10-26-23)17-3-2-4-18(11-17)27-14-20-12-19(27)15-30-20/h2-11,13,19-20H,12,14-15H2,1H3/t19-,20-/m1/s1. The maximum absolute atomic E-state index is 11.7. The Hall–Kier alpha value is -3.16. The van der Waals surface area contributed by atoms with Crippen molar-refractivity contribution >= 4 is 26.6 Å². The Morgan fingerprint density at radius 3 is 2.59 bits per heavy atom. The molecule has 162 valence electrons. The molecule has 7 heteroatoms. The summed E-state index contributed by atoms with van der Waals surface area (Å²) in [4.78, 5) is 7.21. The molecule has 6 rings (SSSR count). The van der Waals surface area contributed by atoms with Crippen molar-refractivity contribution < 1.29 is 17.6 Å². The summed E-state index contributed by atoms with van der Waals surface area (Å²) in [5.74, 6) is 0.658. The van der Waals surface area contributed by atoms with Gasteiger partial charge in [0.05, 0.1) is 23.6 Å². The largest absolute Gasteiger partial charge is 0.454 e. The molecular formula is C25H22N2O4S. The average Bonchev–Trinajstić information content (AvgIpc) is 3.54. The van der Waals surface area contributed by atoms with Gasteiger partial charge in [0.25, 0.3) is 0 Å². The molecule has 2 aliphatic rings. The van der Waals surface area contributed by atoms with Crippen molar-refractivity contribution in [2.24, 2.45) is 0 Å². The predicted octanol–water partition coefficient (Wildman–Crippen LogP) is 4.54. The number of nitrogens with zero attached hydrogens (tertiary/aromatic N) is 2. The highest BCUT2D eigenvalue weighted by Gasteiger charge is 2.39. The number of benzene rings is 2. The third-order valence-corrected chi connectivity index (χ3v) is 7.50. The summed E-state index contributed by atoms with van der Waals surface area (Å²) < 4.78 is 35.5. The number of hydrogen-bond acceptors (Lipinski definition) is 6. The maximum atomic E-state index is 11.7. The first-order valence-electron chi connectivity index (χ1n) is 10.6. The quantitative estimate of drug-likeness (QED) is 0.458. The van der Waals surface area contributed by atoms with Crippen molar-refractivity contribution in [3.8, 4) is 22.5 Å². The Morgan fingerprint density at radius 1 is 1.03 bits per heavy atom. The minimum absolute atomic E-state index is 0.286. The molecule has 2 aliphatic heterocycles. The topological polar surface area (TPSA) is 72.6 Å². The van der Waals surface area contributed by atoms with E-state index in [2.05, 4.69) is 34.1 Å². The normalized spacial score (nSPS) is 20.3. The second-order valence-electron chi connectivity index (χ2n) is 8.53. The number of pyridine rings is 1. The van der Waals surface area contributed by atoms with E-state index in [1.54, 1.807) is 30.5 Å². The molecule has 0 spiro atoms. The molecule has 2 aromatic carbocycles. The van der Waals surface area contributed by atoms with Gasteiger partial charge in [0.2, 0.25) is 0 Å². The van der Waals surface area contributed by atoms with Gasteiger partial charge < -0.3 is 14.1 Å². The molecule has 0 amide bonds. The Bertz CT molecular complexity index is 1430. The van der Waals surface area contributed by atoms with Crippen molar-refractivity contribution in [2.75, 3.05) is 24.3 Å². The highest BCUT2D eigenvalue weighted by Crippen LogP contribution is 2.37. The smallest absolute Gasteiger partial charge is 0.175 e. The number of sulfone groups is 1. The van der Waals surface area contributed by atoms with Crippen LogP contribution in [-0.4, -0.2) is 45.0 Å². The summed E-state index contributed by atoms with van der Waals surface area (Å²) in [6.07, 6.45) is 4.44. The van der Waals surface area contributed by atoms with Gasteiger partial charge in [0, 0.05) is 41.9 Å². The van der Waals surface area contributed by atoms with Gasteiger partial charge in [-0.2, -0.15) is 0 Å². The Morgan fingerprint density at radius 2 is 1.88 bits per heavy atom. The van der Waals surface area contributed by atoms with E-state index in [-0.39, 0.29) is 4.90 Å². The van der Waals surface area contributed by atoms with Gasteiger partial charge in [0.15, 0.2) is 15.4 Å². The molecule has 2 bridgehead atoms. The lowest BCUT2D eigenvalue weighted by molar-refractivity contribution is 0.0991. The molecule has 6 nitrogen and oxygen atoms in total. The van der Waals surface area contributed by atoms with Crippen LogP contribution in [0.25, 0.3) is 33.6 Å². The summed E-state index contributed by atoms with van der Waals surface area (Å²) in [7, 11) is -3.24. The van der Waals surface area contributed by atoms with E-state index < -0.39 is 9.84 Å². The molecule has 32 heavy (non-hydrogen) atoms. The average molecular weight is 447 g/mol. The van der Waals surface area contributed by atoms with Gasteiger partial charge in [-0.05, 0) is 54.4 Å². The third kappa shape index (κ3) is 3.29. The minimum Gasteiger partial charge on any atom is -0.454 e. The van der Waals surface area contributed by atoms with Crippen LogP contribution in [0.5, 0.6) is 0 Å². The van der Waals surface area contributed by atoms with Crippen LogP contribution < -0.4 is 4.90 Å². The van der Waals surface area contributed by atoms with Crippen LogP contribution in [0.2, 0.25) is 0 Å². The van der Waals surface area contributed by atoms with E-state index in [1.165, 1.54) is 11.9 Å². The monoisotopic (exact) mass is 446 g/mol. The van der Waals surface area contributed by atoms with Crippen LogP contribution in [-0.2, 0) is 14.6 Å². The Labute approximate surface area is 186 Å². The SMILES string of the molecule is CS(=O)(=O)c1ccc(-c2cc3nccc(-c4cccc(N5C[C@H]6C[C@@H]5CO6)c4)c3o2)cc1. The van der Waals surface area contributed by atoms with E-state index in [0.29, 0.717) is 17.9 Å². The third-order valence-electron chi connectivity index (χ3n) is 6.37. The van der Waals surface area contributed by atoms with E-state index >= 15 is 0 Å². The lowest BCUT2D eigenvalue weighted by atomic mass is 10.0. The van der Waals surface area contributed by atoms with E-state index in [4.69, 9.17) is 9.15 Å². The number of morpholine rings is 1. The van der Waals surface area contributed by atoms with Gasteiger partial charge in [0.1, 0.15) is 11.3 Å². The number of rotatable bonds is 4. The summed E-state index contributed by atoms with van der Waals surface area (Å²) in [5, 5.41) is 0. The maximum Gasteiger partial charge on any atom is 0.175 e. The highest BCUT2D eigenvalue weighted by atomic mass is 32.2. The van der Waals surface area contributed by atoms with Gasteiger partial charge in [-0.3, -0.25) is 4.98 Å². The van der Waals surface area contributed by atoms with Crippen molar-refractivity contribution in [3.63, 3.8) is 0 Å². The van der Waals surface area contributed by atoms with Gasteiger partial charge in [-0.1, -0.05) is 12.1 Å². The van der Waals surface area contributed by atoms with Crippen LogP contribution in [0, 0.1) is 0 Å². The molecule has 4 aromatic rings. The van der Waals surface area contributed by atoms with E-state index in [9.17, 15) is 8.42 Å². The van der Waals surface area contributed by atoms with Crippen LogP contribution in [0.1, 0.15) is 6.42 Å². The number of fused-ring (bicyclic) bond motifs is 3. The number of ether oxygens (including phenoxy) is 1.